The second kappa shape index (κ2) is 9.42. The van der Waals surface area contributed by atoms with E-state index in [0.29, 0.717) is 0 Å². The summed E-state index contributed by atoms with van der Waals surface area (Å²) in [7, 11) is 0. The van der Waals surface area contributed by atoms with Gasteiger partial charge in [-0.1, -0.05) is 54.6 Å². The van der Waals surface area contributed by atoms with E-state index in [9.17, 15) is 4.79 Å². The first-order chi connectivity index (χ1) is 18.7. The topological polar surface area (TPSA) is 84.3 Å². The number of nitrogens with zero attached hydrogens (tertiary/aromatic N) is 3. The number of pyridine rings is 1. The minimum absolute atomic E-state index is 0.373. The molecule has 0 saturated heterocycles. The second-order valence-electron chi connectivity index (χ2n) is 11.4. The van der Waals surface area contributed by atoms with E-state index in [2.05, 4.69) is 87.6 Å². The quantitative estimate of drug-likeness (QED) is 0.256. The smallest absolute Gasteiger partial charge is 0.408 e. The first-order valence-corrected chi connectivity index (χ1v) is 13.4. The number of ether oxygens (including phenoxy) is 1. The lowest BCUT2D eigenvalue weighted by Gasteiger charge is -2.43. The molecule has 198 valence electrons. The molecule has 7 nitrogen and oxygen atoms in total. The molecule has 0 spiro atoms. The third-order valence-corrected chi connectivity index (χ3v) is 7.44. The number of alkyl carbamates (subject to hydrolysis) is 1. The fourth-order valence-corrected chi connectivity index (χ4v) is 5.41. The highest BCUT2D eigenvalue weighted by atomic mass is 16.6. The molecule has 3 aromatic heterocycles. The van der Waals surface area contributed by atoms with Crippen molar-refractivity contribution in [2.45, 2.75) is 58.1 Å². The highest BCUT2D eigenvalue weighted by molar-refractivity contribution is 5.84. The Morgan fingerprint density at radius 2 is 1.74 bits per heavy atom. The number of imidazole rings is 1. The second-order valence-corrected chi connectivity index (χ2v) is 11.4. The van der Waals surface area contributed by atoms with Crippen molar-refractivity contribution in [2.75, 3.05) is 0 Å². The molecule has 2 aromatic carbocycles. The van der Waals surface area contributed by atoms with Gasteiger partial charge < -0.3 is 10.1 Å². The molecule has 1 aliphatic carbocycles. The summed E-state index contributed by atoms with van der Waals surface area (Å²) in [6, 6.07) is 21.0. The maximum absolute atomic E-state index is 12.6. The number of carbonyl (C=O) groups excluding carboxylic acids is 1. The van der Waals surface area contributed by atoms with Crippen molar-refractivity contribution < 1.29 is 9.53 Å². The lowest BCUT2D eigenvalue weighted by atomic mass is 9.71. The number of aryl methyl sites for hydroxylation is 1. The summed E-state index contributed by atoms with van der Waals surface area (Å²) in [6.45, 7) is 7.74. The van der Waals surface area contributed by atoms with Gasteiger partial charge in [0.2, 0.25) is 0 Å². The van der Waals surface area contributed by atoms with Gasteiger partial charge in [0.05, 0.1) is 23.1 Å². The molecule has 2 N–H and O–H groups in total. The number of rotatable bonds is 5. The summed E-state index contributed by atoms with van der Waals surface area (Å²) in [4.78, 5) is 17.8. The van der Waals surface area contributed by atoms with Crippen LogP contribution in [-0.4, -0.2) is 31.3 Å². The number of amides is 1. The fourth-order valence-electron chi connectivity index (χ4n) is 5.41. The van der Waals surface area contributed by atoms with Crippen molar-refractivity contribution in [2.24, 2.45) is 0 Å². The van der Waals surface area contributed by atoms with Gasteiger partial charge in [0, 0.05) is 34.6 Å². The van der Waals surface area contributed by atoms with E-state index in [4.69, 9.17) is 9.72 Å². The molecular weight excluding hydrogens is 486 g/mol. The lowest BCUT2D eigenvalue weighted by Crippen LogP contribution is -2.52. The third-order valence-electron chi connectivity index (χ3n) is 7.44. The van der Waals surface area contributed by atoms with Gasteiger partial charge in [0.25, 0.3) is 0 Å². The zero-order chi connectivity index (χ0) is 27.2. The number of hydrogen-bond donors (Lipinski definition) is 2. The van der Waals surface area contributed by atoms with Crippen LogP contribution in [0.5, 0.6) is 0 Å². The molecule has 0 radical (unpaired) electrons. The van der Waals surface area contributed by atoms with Gasteiger partial charge in [-0.05, 0) is 64.2 Å². The Morgan fingerprint density at radius 1 is 1.00 bits per heavy atom. The fraction of sp³-hybridized carbons (Fsp3) is 0.281. The van der Waals surface area contributed by atoms with Crippen LogP contribution in [0.15, 0.2) is 79.3 Å². The summed E-state index contributed by atoms with van der Waals surface area (Å²) >= 11 is 0. The van der Waals surface area contributed by atoms with Gasteiger partial charge in [0.1, 0.15) is 11.2 Å². The van der Waals surface area contributed by atoms with Crippen molar-refractivity contribution >= 4 is 11.7 Å². The maximum atomic E-state index is 12.6. The molecule has 7 heteroatoms. The number of aromatic nitrogens is 4. The molecule has 1 aliphatic rings. The van der Waals surface area contributed by atoms with E-state index in [1.807, 2.05) is 39.2 Å². The Kier molecular flexibility index (Phi) is 6.02. The van der Waals surface area contributed by atoms with Crippen LogP contribution in [-0.2, 0) is 10.3 Å². The predicted molar refractivity (Wildman–Crippen MR) is 153 cm³/mol. The Balaban J connectivity index is 1.42. The largest absolute Gasteiger partial charge is 0.444 e. The first-order valence-electron chi connectivity index (χ1n) is 13.4. The van der Waals surface area contributed by atoms with Gasteiger partial charge >= 0.3 is 6.09 Å². The SMILES string of the molecule is Cc1cc(-c2cn[nH]c2)cn2c(-c3ccccc3)c(-c3ccc(C4(NC(=O)OC(C)(C)C)CCC4)cc3)nc12. The molecule has 0 unspecified atom stereocenters. The van der Waals surface area contributed by atoms with Crippen LogP contribution in [0.25, 0.3) is 39.3 Å². The maximum Gasteiger partial charge on any atom is 0.408 e. The van der Waals surface area contributed by atoms with E-state index in [0.717, 1.165) is 69.7 Å². The summed E-state index contributed by atoms with van der Waals surface area (Å²) in [6.07, 6.45) is 8.36. The molecule has 0 bridgehead atoms. The summed E-state index contributed by atoms with van der Waals surface area (Å²) in [5, 5.41) is 10.2. The van der Waals surface area contributed by atoms with Crippen molar-refractivity contribution in [1.82, 2.24) is 24.9 Å². The van der Waals surface area contributed by atoms with Crippen molar-refractivity contribution in [3.05, 3.63) is 90.4 Å². The monoisotopic (exact) mass is 519 g/mol. The van der Waals surface area contributed by atoms with Crippen molar-refractivity contribution in [1.29, 1.82) is 0 Å². The standard InChI is InChI=1S/C32H33N5O2/c1-21-17-24(25-18-33-34-19-25)20-37-28(23-9-6-5-7-10-23)27(35-29(21)37)22-11-13-26(14-12-22)32(15-8-16-32)36-30(38)39-31(2,3)4/h5-7,9-14,17-20H,8,15-16H2,1-4H3,(H,33,34)(H,36,38). The average Bonchev–Trinajstić information content (AvgIpc) is 3.55. The Bertz CT molecular complexity index is 1620. The Labute approximate surface area is 228 Å². The molecule has 0 aliphatic heterocycles. The Hall–Kier alpha value is -4.39. The zero-order valence-electron chi connectivity index (χ0n) is 22.8. The number of benzene rings is 2. The van der Waals surface area contributed by atoms with Gasteiger partial charge in [0.15, 0.2) is 0 Å². The van der Waals surface area contributed by atoms with E-state index >= 15 is 0 Å². The van der Waals surface area contributed by atoms with Gasteiger partial charge in [-0.15, -0.1) is 0 Å². The molecular formula is C32H33N5O2. The van der Waals surface area contributed by atoms with Crippen LogP contribution in [0.2, 0.25) is 0 Å². The number of nitrogens with one attached hydrogen (secondary N) is 2. The van der Waals surface area contributed by atoms with Crippen LogP contribution in [0.3, 0.4) is 0 Å². The summed E-state index contributed by atoms with van der Waals surface area (Å²) < 4.78 is 7.75. The highest BCUT2D eigenvalue weighted by Gasteiger charge is 2.41. The van der Waals surface area contributed by atoms with E-state index in [1.165, 1.54) is 0 Å². The molecule has 1 amide bonds. The Morgan fingerprint density at radius 3 is 2.36 bits per heavy atom. The minimum Gasteiger partial charge on any atom is -0.444 e. The van der Waals surface area contributed by atoms with E-state index in [-0.39, 0.29) is 6.09 Å². The molecule has 0 atom stereocenters. The first kappa shape index (κ1) is 24.9. The van der Waals surface area contributed by atoms with Crippen molar-refractivity contribution in [3.8, 4) is 33.6 Å². The normalized spacial score (nSPS) is 14.7. The van der Waals surface area contributed by atoms with Gasteiger partial charge in [-0.3, -0.25) is 9.50 Å². The van der Waals surface area contributed by atoms with E-state index in [1.54, 1.807) is 0 Å². The zero-order valence-corrected chi connectivity index (χ0v) is 22.8. The van der Waals surface area contributed by atoms with Gasteiger partial charge in [-0.25, -0.2) is 9.78 Å². The molecule has 6 rings (SSSR count). The predicted octanol–water partition coefficient (Wildman–Crippen LogP) is 7.27. The number of fused-ring (bicyclic) bond motifs is 1. The molecule has 5 aromatic rings. The highest BCUT2D eigenvalue weighted by Crippen LogP contribution is 2.43. The van der Waals surface area contributed by atoms with E-state index < -0.39 is 11.1 Å². The molecule has 39 heavy (non-hydrogen) atoms. The van der Waals surface area contributed by atoms with Crippen molar-refractivity contribution in [3.63, 3.8) is 0 Å². The molecule has 1 fully saturated rings. The number of hydrogen-bond acceptors (Lipinski definition) is 4. The van der Waals surface area contributed by atoms with Crippen LogP contribution < -0.4 is 5.32 Å². The minimum atomic E-state index is -0.536. The number of carbonyl (C=O) groups is 1. The molecule has 3 heterocycles. The van der Waals surface area contributed by atoms with Crippen LogP contribution in [0.4, 0.5) is 4.79 Å². The summed E-state index contributed by atoms with van der Waals surface area (Å²) in [5.41, 5.74) is 8.35. The van der Waals surface area contributed by atoms with Crippen LogP contribution in [0, 0.1) is 6.92 Å². The van der Waals surface area contributed by atoms with Crippen LogP contribution >= 0.6 is 0 Å². The lowest BCUT2D eigenvalue weighted by molar-refractivity contribution is 0.0377. The summed E-state index contributed by atoms with van der Waals surface area (Å²) in [5.74, 6) is 0. The van der Waals surface area contributed by atoms with Crippen LogP contribution in [0.1, 0.15) is 51.2 Å². The number of H-pyrrole nitrogens is 1. The third kappa shape index (κ3) is 4.69. The molecule has 1 saturated carbocycles. The average molecular weight is 520 g/mol. The van der Waals surface area contributed by atoms with Gasteiger partial charge in [-0.2, -0.15) is 5.10 Å². The number of aromatic amines is 1.